The van der Waals surface area contributed by atoms with Crippen LogP contribution in [0, 0.1) is 13.8 Å². The summed E-state index contributed by atoms with van der Waals surface area (Å²) in [5.41, 5.74) is 8.05. The molecule has 2 atom stereocenters. The number of hydrogen-bond donors (Lipinski definition) is 1. The standard InChI is InChI=1S/C22H21N/c1-15-7-11-17(12-8-15)21-19-5-3-4-6-20(19)22(23-21)18-13-9-16(2)10-14-18/h3-14,21-23H,1-2H3. The van der Waals surface area contributed by atoms with Gasteiger partial charge in [0.1, 0.15) is 0 Å². The third-order valence-corrected chi connectivity index (χ3v) is 4.77. The number of aryl methyl sites for hydroxylation is 2. The maximum absolute atomic E-state index is 3.83. The molecule has 1 heteroatoms. The third-order valence-electron chi connectivity index (χ3n) is 4.77. The Labute approximate surface area is 138 Å². The van der Waals surface area contributed by atoms with Gasteiger partial charge in [-0.25, -0.2) is 0 Å². The predicted molar refractivity (Wildman–Crippen MR) is 95.6 cm³/mol. The van der Waals surface area contributed by atoms with Crippen molar-refractivity contribution in [1.82, 2.24) is 5.32 Å². The van der Waals surface area contributed by atoms with E-state index in [1.807, 2.05) is 0 Å². The minimum absolute atomic E-state index is 0.262. The summed E-state index contributed by atoms with van der Waals surface area (Å²) >= 11 is 0. The van der Waals surface area contributed by atoms with Crippen LogP contribution >= 0.6 is 0 Å². The first kappa shape index (κ1) is 14.2. The predicted octanol–water partition coefficient (Wildman–Crippen LogP) is 5.09. The Hall–Kier alpha value is -2.38. The van der Waals surface area contributed by atoms with Crippen LogP contribution < -0.4 is 5.32 Å². The highest BCUT2D eigenvalue weighted by atomic mass is 15.0. The van der Waals surface area contributed by atoms with Gasteiger partial charge in [0, 0.05) is 0 Å². The van der Waals surface area contributed by atoms with Crippen molar-refractivity contribution in [2.45, 2.75) is 25.9 Å². The first-order valence-electron chi connectivity index (χ1n) is 8.20. The third kappa shape index (κ3) is 2.58. The lowest BCUT2D eigenvalue weighted by molar-refractivity contribution is 0.600. The Kier molecular flexibility index (Phi) is 3.51. The van der Waals surface area contributed by atoms with E-state index in [4.69, 9.17) is 0 Å². The minimum Gasteiger partial charge on any atom is -0.295 e. The fourth-order valence-corrected chi connectivity index (χ4v) is 3.45. The second-order valence-corrected chi connectivity index (χ2v) is 6.48. The molecule has 0 bridgehead atoms. The van der Waals surface area contributed by atoms with Gasteiger partial charge in [-0.15, -0.1) is 0 Å². The van der Waals surface area contributed by atoms with E-state index in [1.165, 1.54) is 33.4 Å². The van der Waals surface area contributed by atoms with Gasteiger partial charge in [-0.1, -0.05) is 83.9 Å². The molecule has 4 rings (SSSR count). The molecular weight excluding hydrogens is 278 g/mol. The summed E-state index contributed by atoms with van der Waals surface area (Å²) in [5.74, 6) is 0. The fraction of sp³-hybridized carbons (Fsp3) is 0.182. The average Bonchev–Trinajstić information content (AvgIpc) is 2.96. The molecule has 0 aliphatic carbocycles. The maximum atomic E-state index is 3.83. The van der Waals surface area contributed by atoms with Crippen molar-refractivity contribution >= 4 is 0 Å². The Morgan fingerprint density at radius 2 is 0.957 bits per heavy atom. The largest absolute Gasteiger partial charge is 0.295 e. The first-order valence-corrected chi connectivity index (χ1v) is 8.20. The van der Waals surface area contributed by atoms with E-state index in [0.717, 1.165) is 0 Å². The zero-order valence-corrected chi connectivity index (χ0v) is 13.6. The SMILES string of the molecule is Cc1ccc(C2NC(c3ccc(C)cc3)c3ccccc32)cc1. The van der Waals surface area contributed by atoms with Crippen LogP contribution in [0.2, 0.25) is 0 Å². The van der Waals surface area contributed by atoms with Crippen LogP contribution in [0.25, 0.3) is 0 Å². The Balaban J connectivity index is 1.77. The highest BCUT2D eigenvalue weighted by Crippen LogP contribution is 2.40. The number of nitrogens with one attached hydrogen (secondary N) is 1. The van der Waals surface area contributed by atoms with Crippen LogP contribution in [0.5, 0.6) is 0 Å². The molecular formula is C22H21N. The highest BCUT2D eigenvalue weighted by Gasteiger charge is 2.31. The van der Waals surface area contributed by atoms with E-state index in [0.29, 0.717) is 0 Å². The van der Waals surface area contributed by atoms with Gasteiger partial charge in [0.15, 0.2) is 0 Å². The molecule has 3 aromatic rings. The molecule has 0 aromatic heterocycles. The quantitative estimate of drug-likeness (QED) is 0.695. The van der Waals surface area contributed by atoms with E-state index in [1.54, 1.807) is 0 Å². The minimum atomic E-state index is 0.262. The lowest BCUT2D eigenvalue weighted by atomic mass is 9.95. The van der Waals surface area contributed by atoms with Crippen LogP contribution in [0.4, 0.5) is 0 Å². The second kappa shape index (κ2) is 5.68. The van der Waals surface area contributed by atoms with Gasteiger partial charge < -0.3 is 0 Å². The molecule has 1 heterocycles. The summed E-state index contributed by atoms with van der Waals surface area (Å²) in [6, 6.07) is 27.0. The number of hydrogen-bond acceptors (Lipinski definition) is 1. The second-order valence-electron chi connectivity index (χ2n) is 6.48. The van der Waals surface area contributed by atoms with Crippen LogP contribution in [-0.2, 0) is 0 Å². The van der Waals surface area contributed by atoms with Crippen LogP contribution in [0.1, 0.15) is 45.5 Å². The molecule has 23 heavy (non-hydrogen) atoms. The van der Waals surface area contributed by atoms with Gasteiger partial charge >= 0.3 is 0 Å². The molecule has 0 spiro atoms. The number of rotatable bonds is 2. The van der Waals surface area contributed by atoms with Crippen molar-refractivity contribution in [2.75, 3.05) is 0 Å². The molecule has 0 amide bonds. The Morgan fingerprint density at radius 1 is 0.565 bits per heavy atom. The van der Waals surface area contributed by atoms with Crippen LogP contribution in [-0.4, -0.2) is 0 Å². The highest BCUT2D eigenvalue weighted by molar-refractivity contribution is 5.48. The van der Waals surface area contributed by atoms with Crippen molar-refractivity contribution in [1.29, 1.82) is 0 Å². The van der Waals surface area contributed by atoms with Gasteiger partial charge in [0.05, 0.1) is 12.1 Å². The van der Waals surface area contributed by atoms with E-state index in [9.17, 15) is 0 Å². The molecule has 0 radical (unpaired) electrons. The summed E-state index contributed by atoms with van der Waals surface area (Å²) in [7, 11) is 0. The molecule has 0 fully saturated rings. The first-order chi connectivity index (χ1) is 11.2. The van der Waals surface area contributed by atoms with Gasteiger partial charge in [0.25, 0.3) is 0 Å². The summed E-state index contributed by atoms with van der Waals surface area (Å²) in [4.78, 5) is 0. The van der Waals surface area contributed by atoms with Gasteiger partial charge in [0.2, 0.25) is 0 Å². The van der Waals surface area contributed by atoms with Crippen molar-refractivity contribution in [2.24, 2.45) is 0 Å². The summed E-state index contributed by atoms with van der Waals surface area (Å²) in [6.45, 7) is 4.27. The molecule has 2 unspecified atom stereocenters. The lowest BCUT2D eigenvalue weighted by Crippen LogP contribution is -2.19. The normalized spacial score (nSPS) is 19.6. The molecule has 114 valence electrons. The zero-order chi connectivity index (χ0) is 15.8. The zero-order valence-electron chi connectivity index (χ0n) is 13.6. The van der Waals surface area contributed by atoms with Crippen molar-refractivity contribution in [3.63, 3.8) is 0 Å². The summed E-state index contributed by atoms with van der Waals surface area (Å²) < 4.78 is 0. The lowest BCUT2D eigenvalue weighted by Gasteiger charge is -2.16. The van der Waals surface area contributed by atoms with Gasteiger partial charge in [-0.3, -0.25) is 5.32 Å². The number of fused-ring (bicyclic) bond motifs is 1. The summed E-state index contributed by atoms with van der Waals surface area (Å²) in [6.07, 6.45) is 0. The average molecular weight is 299 g/mol. The Bertz CT molecular complexity index is 745. The van der Waals surface area contributed by atoms with E-state index < -0.39 is 0 Å². The molecule has 1 nitrogen and oxygen atoms in total. The molecule has 1 aliphatic heterocycles. The summed E-state index contributed by atoms with van der Waals surface area (Å²) in [5, 5.41) is 3.83. The van der Waals surface area contributed by atoms with E-state index >= 15 is 0 Å². The van der Waals surface area contributed by atoms with Gasteiger partial charge in [-0.2, -0.15) is 0 Å². The maximum Gasteiger partial charge on any atom is 0.0587 e. The monoisotopic (exact) mass is 299 g/mol. The van der Waals surface area contributed by atoms with E-state index in [2.05, 4.69) is 92.0 Å². The molecule has 0 saturated heterocycles. The van der Waals surface area contributed by atoms with Gasteiger partial charge in [-0.05, 0) is 36.1 Å². The molecule has 0 saturated carbocycles. The van der Waals surface area contributed by atoms with Crippen LogP contribution in [0.15, 0.2) is 72.8 Å². The molecule has 1 N–H and O–H groups in total. The molecule has 3 aromatic carbocycles. The fourth-order valence-electron chi connectivity index (χ4n) is 3.45. The van der Waals surface area contributed by atoms with Crippen LogP contribution in [0.3, 0.4) is 0 Å². The number of benzene rings is 3. The van der Waals surface area contributed by atoms with E-state index in [-0.39, 0.29) is 12.1 Å². The Morgan fingerprint density at radius 3 is 1.35 bits per heavy atom. The topological polar surface area (TPSA) is 12.0 Å². The van der Waals surface area contributed by atoms with Crippen molar-refractivity contribution in [3.05, 3.63) is 106 Å². The van der Waals surface area contributed by atoms with Crippen molar-refractivity contribution < 1.29 is 0 Å². The molecule has 1 aliphatic rings. The smallest absolute Gasteiger partial charge is 0.0587 e. The van der Waals surface area contributed by atoms with Crippen molar-refractivity contribution in [3.8, 4) is 0 Å².